The molecule has 0 saturated carbocycles. The fourth-order valence-electron chi connectivity index (χ4n) is 8.39. The first-order chi connectivity index (χ1) is 27.8. The van der Waals surface area contributed by atoms with Gasteiger partial charge in [-0.25, -0.2) is 0 Å². The highest BCUT2D eigenvalue weighted by Gasteiger charge is 2.19. The van der Waals surface area contributed by atoms with Gasteiger partial charge in [0, 0.05) is 0 Å². The lowest BCUT2D eigenvalue weighted by atomic mass is 9.84. The summed E-state index contributed by atoms with van der Waals surface area (Å²) in [6, 6.07) is 84.0. The van der Waals surface area contributed by atoms with Gasteiger partial charge in [0.2, 0.25) is 0 Å². The molecule has 10 aromatic carbocycles. The van der Waals surface area contributed by atoms with Crippen molar-refractivity contribution in [3.8, 4) is 77.9 Å². The van der Waals surface area contributed by atoms with Crippen molar-refractivity contribution in [2.45, 2.75) is 0 Å². The van der Waals surface area contributed by atoms with Gasteiger partial charge in [-0.1, -0.05) is 212 Å². The van der Waals surface area contributed by atoms with Crippen molar-refractivity contribution in [3.05, 3.63) is 231 Å². The summed E-state index contributed by atoms with van der Waals surface area (Å²) in [5.41, 5.74) is 17.0. The zero-order valence-electron chi connectivity index (χ0n) is 30.9. The van der Waals surface area contributed by atoms with Crippen molar-refractivity contribution < 1.29 is 0 Å². The van der Waals surface area contributed by atoms with Crippen LogP contribution in [0, 0.1) is 0 Å². The summed E-state index contributed by atoms with van der Waals surface area (Å²) >= 11 is 0. The van der Waals surface area contributed by atoms with E-state index in [1.807, 2.05) is 0 Å². The van der Waals surface area contributed by atoms with Crippen LogP contribution in [0.2, 0.25) is 0 Å². The van der Waals surface area contributed by atoms with Gasteiger partial charge >= 0.3 is 0 Å². The average Bonchev–Trinajstić information content (AvgIpc) is 3.29. The molecule has 0 heteroatoms. The molecule has 0 saturated heterocycles. The smallest absolute Gasteiger partial charge is 0.00261 e. The topological polar surface area (TPSA) is 0 Å². The highest BCUT2D eigenvalue weighted by molar-refractivity contribution is 6.21. The molecule has 0 aliphatic rings. The van der Waals surface area contributed by atoms with E-state index >= 15 is 0 Å². The zero-order valence-corrected chi connectivity index (χ0v) is 30.9. The standard InChI is InChI=1S/C56H38/c1-4-16-39(17-5-1)41-30-32-42(33-31-41)45-23-15-25-47(37-45)54-38-48(34-35-49(54)46-24-14-22-44(36-46)40-18-6-2-7-19-40)56-52-28-12-10-26-50(52)55(43-20-8-3-9-21-43)51-27-11-13-29-53(51)56/h1-38H. The third-order valence-corrected chi connectivity index (χ3v) is 11.1. The fourth-order valence-corrected chi connectivity index (χ4v) is 8.39. The zero-order chi connectivity index (χ0) is 37.3. The van der Waals surface area contributed by atoms with Gasteiger partial charge in [-0.3, -0.25) is 0 Å². The first kappa shape index (κ1) is 33.3. The van der Waals surface area contributed by atoms with Gasteiger partial charge in [0.25, 0.3) is 0 Å². The Labute approximate surface area is 328 Å². The SMILES string of the molecule is c1ccc(-c2ccc(-c3cccc(-c4cc(-c5c6ccccc6c(-c6ccccc6)c6ccccc56)ccc4-c4cccc(-c5ccccc5)c4)c3)cc2)cc1. The monoisotopic (exact) mass is 710 g/mol. The molecule has 0 aliphatic heterocycles. The van der Waals surface area contributed by atoms with Crippen molar-refractivity contribution >= 4 is 21.5 Å². The van der Waals surface area contributed by atoms with Gasteiger partial charge in [0.1, 0.15) is 0 Å². The maximum atomic E-state index is 2.43. The molecule has 10 aromatic rings. The van der Waals surface area contributed by atoms with Gasteiger partial charge in [0.15, 0.2) is 0 Å². The lowest BCUT2D eigenvalue weighted by Crippen LogP contribution is -1.93. The summed E-state index contributed by atoms with van der Waals surface area (Å²) in [7, 11) is 0. The van der Waals surface area contributed by atoms with Crippen LogP contribution in [0.3, 0.4) is 0 Å². The second-order valence-corrected chi connectivity index (χ2v) is 14.4. The summed E-state index contributed by atoms with van der Waals surface area (Å²) in [6.07, 6.45) is 0. The molecular weight excluding hydrogens is 673 g/mol. The van der Waals surface area contributed by atoms with E-state index in [0.29, 0.717) is 0 Å². The number of hydrogen-bond acceptors (Lipinski definition) is 0. The molecule has 0 atom stereocenters. The maximum Gasteiger partial charge on any atom is -0.00261 e. The third kappa shape index (κ3) is 6.18. The van der Waals surface area contributed by atoms with Crippen molar-refractivity contribution in [2.24, 2.45) is 0 Å². The molecule has 0 aromatic heterocycles. The summed E-state index contributed by atoms with van der Waals surface area (Å²) in [4.78, 5) is 0. The van der Waals surface area contributed by atoms with Crippen LogP contribution in [-0.4, -0.2) is 0 Å². The maximum absolute atomic E-state index is 2.43. The highest BCUT2D eigenvalue weighted by atomic mass is 14.2. The van der Waals surface area contributed by atoms with Gasteiger partial charge < -0.3 is 0 Å². The summed E-state index contributed by atoms with van der Waals surface area (Å²) in [5.74, 6) is 0. The van der Waals surface area contributed by atoms with E-state index in [9.17, 15) is 0 Å². The van der Waals surface area contributed by atoms with Gasteiger partial charge in [-0.2, -0.15) is 0 Å². The Bertz CT molecular complexity index is 2920. The minimum Gasteiger partial charge on any atom is -0.0622 e. The molecule has 0 amide bonds. The molecule has 0 nitrogen and oxygen atoms in total. The van der Waals surface area contributed by atoms with Crippen LogP contribution in [0.5, 0.6) is 0 Å². The second-order valence-electron chi connectivity index (χ2n) is 14.4. The summed E-state index contributed by atoms with van der Waals surface area (Å²) in [6.45, 7) is 0. The molecule has 0 radical (unpaired) electrons. The Morgan fingerprint density at radius 3 is 0.982 bits per heavy atom. The molecule has 0 bridgehead atoms. The molecular formula is C56H38. The summed E-state index contributed by atoms with van der Waals surface area (Å²) < 4.78 is 0. The summed E-state index contributed by atoms with van der Waals surface area (Å²) in [5, 5.41) is 5.02. The van der Waals surface area contributed by atoms with Crippen molar-refractivity contribution in [3.63, 3.8) is 0 Å². The number of fused-ring (bicyclic) bond motifs is 2. The lowest BCUT2D eigenvalue weighted by Gasteiger charge is -2.19. The average molecular weight is 711 g/mol. The van der Waals surface area contributed by atoms with E-state index in [0.717, 1.165) is 0 Å². The highest BCUT2D eigenvalue weighted by Crippen LogP contribution is 2.46. The van der Waals surface area contributed by atoms with Crippen molar-refractivity contribution in [2.75, 3.05) is 0 Å². The molecule has 0 N–H and O–H groups in total. The number of benzene rings is 10. The third-order valence-electron chi connectivity index (χ3n) is 11.1. The van der Waals surface area contributed by atoms with E-state index in [1.165, 1.54) is 99.4 Å². The van der Waals surface area contributed by atoms with Crippen LogP contribution >= 0.6 is 0 Å². The molecule has 262 valence electrons. The first-order valence-corrected chi connectivity index (χ1v) is 19.3. The lowest BCUT2D eigenvalue weighted by molar-refractivity contribution is 1.55. The minimum atomic E-state index is 1.19. The number of rotatable bonds is 7. The predicted molar refractivity (Wildman–Crippen MR) is 240 cm³/mol. The minimum absolute atomic E-state index is 1.19. The van der Waals surface area contributed by atoms with Crippen molar-refractivity contribution in [1.29, 1.82) is 0 Å². The van der Waals surface area contributed by atoms with E-state index in [1.54, 1.807) is 0 Å². The molecule has 0 spiro atoms. The fraction of sp³-hybridized carbons (Fsp3) is 0. The first-order valence-electron chi connectivity index (χ1n) is 19.3. The largest absolute Gasteiger partial charge is 0.0622 e. The van der Waals surface area contributed by atoms with Gasteiger partial charge in [-0.15, -0.1) is 0 Å². The Hall–Kier alpha value is -7.28. The van der Waals surface area contributed by atoms with Crippen LogP contribution in [0.4, 0.5) is 0 Å². The normalized spacial score (nSPS) is 11.2. The molecule has 0 aliphatic carbocycles. The van der Waals surface area contributed by atoms with Gasteiger partial charge in [-0.05, 0) is 118 Å². The molecule has 10 rings (SSSR count). The Balaban J connectivity index is 1.18. The van der Waals surface area contributed by atoms with Crippen LogP contribution in [0.15, 0.2) is 231 Å². The van der Waals surface area contributed by atoms with E-state index in [4.69, 9.17) is 0 Å². The predicted octanol–water partition coefficient (Wildman–Crippen LogP) is 15.7. The molecule has 0 unspecified atom stereocenters. The van der Waals surface area contributed by atoms with Crippen LogP contribution in [0.1, 0.15) is 0 Å². The van der Waals surface area contributed by atoms with Crippen LogP contribution in [-0.2, 0) is 0 Å². The Kier molecular flexibility index (Phi) is 8.63. The van der Waals surface area contributed by atoms with Crippen LogP contribution < -0.4 is 0 Å². The Morgan fingerprint density at radius 1 is 0.161 bits per heavy atom. The van der Waals surface area contributed by atoms with Crippen molar-refractivity contribution in [1.82, 2.24) is 0 Å². The quantitative estimate of drug-likeness (QED) is 0.144. The van der Waals surface area contributed by atoms with E-state index in [2.05, 4.69) is 231 Å². The second kappa shape index (κ2) is 14.5. The van der Waals surface area contributed by atoms with Gasteiger partial charge in [0.05, 0.1) is 0 Å². The molecule has 56 heavy (non-hydrogen) atoms. The molecule has 0 heterocycles. The Morgan fingerprint density at radius 2 is 0.482 bits per heavy atom. The van der Waals surface area contributed by atoms with E-state index in [-0.39, 0.29) is 0 Å². The molecule has 0 fully saturated rings. The van der Waals surface area contributed by atoms with Crippen LogP contribution in [0.25, 0.3) is 99.4 Å². The van der Waals surface area contributed by atoms with E-state index < -0.39 is 0 Å². The number of hydrogen-bond donors (Lipinski definition) is 0.